The molecule has 1 fully saturated rings. The first-order valence-corrected chi connectivity index (χ1v) is 11.1. The lowest BCUT2D eigenvalue weighted by Crippen LogP contribution is -2.30. The van der Waals surface area contributed by atoms with Gasteiger partial charge >= 0.3 is 0 Å². The molecule has 3 rings (SSSR count). The number of rotatable bonds is 7. The van der Waals surface area contributed by atoms with Crippen molar-refractivity contribution in [1.29, 1.82) is 0 Å². The fraction of sp³-hybridized carbons (Fsp3) is 0.500. The maximum Gasteiger partial charge on any atom is 0.246 e. The third kappa shape index (κ3) is 4.85. The lowest BCUT2D eigenvalue weighted by atomic mass is 10.0. The number of aromatic nitrogens is 2. The summed E-state index contributed by atoms with van der Waals surface area (Å²) in [5, 5.41) is 3.46. The van der Waals surface area contributed by atoms with E-state index in [9.17, 15) is 8.42 Å². The molecule has 1 atom stereocenters. The van der Waals surface area contributed by atoms with Crippen LogP contribution in [0.3, 0.4) is 0 Å². The molecule has 0 spiro atoms. The number of benzene rings is 1. The molecule has 1 N–H and O–H groups in total. The van der Waals surface area contributed by atoms with Crippen LogP contribution in [0.15, 0.2) is 35.2 Å². The van der Waals surface area contributed by atoms with Crippen LogP contribution >= 0.6 is 0 Å². The van der Waals surface area contributed by atoms with Crippen LogP contribution < -0.4 is 15.0 Å². The average molecular weight is 420 g/mol. The van der Waals surface area contributed by atoms with E-state index in [1.165, 1.54) is 11.4 Å². The van der Waals surface area contributed by atoms with Crippen molar-refractivity contribution in [3.63, 3.8) is 0 Å². The number of nitrogens with zero attached hydrogens (tertiary/aromatic N) is 4. The van der Waals surface area contributed by atoms with Crippen LogP contribution in [0.5, 0.6) is 5.75 Å². The largest absolute Gasteiger partial charge is 0.495 e. The molecule has 8 nitrogen and oxygen atoms in total. The zero-order chi connectivity index (χ0) is 21.0. The van der Waals surface area contributed by atoms with Gasteiger partial charge in [-0.25, -0.2) is 18.4 Å². The Hall–Kier alpha value is -2.23. The maximum absolute atomic E-state index is 13.1. The second kappa shape index (κ2) is 9.06. The van der Waals surface area contributed by atoms with Crippen molar-refractivity contribution in [1.82, 2.24) is 19.6 Å². The molecule has 0 bridgehead atoms. The molecule has 2 aromatic rings. The van der Waals surface area contributed by atoms with Gasteiger partial charge in [0, 0.05) is 27.2 Å². The Labute approximate surface area is 173 Å². The summed E-state index contributed by atoms with van der Waals surface area (Å²) in [5.41, 5.74) is 0.659. The second-order valence-electron chi connectivity index (χ2n) is 7.38. The van der Waals surface area contributed by atoms with E-state index in [4.69, 9.17) is 9.72 Å². The Balaban J connectivity index is 1.90. The van der Waals surface area contributed by atoms with E-state index in [1.54, 1.807) is 31.3 Å². The molecule has 1 aromatic carbocycles. The molecule has 1 aliphatic heterocycles. The van der Waals surface area contributed by atoms with Crippen molar-refractivity contribution in [3.8, 4) is 5.75 Å². The first-order valence-electron chi connectivity index (χ1n) is 9.71. The molecule has 0 aliphatic carbocycles. The summed E-state index contributed by atoms with van der Waals surface area (Å²) in [7, 11) is 3.12. The van der Waals surface area contributed by atoms with Crippen LogP contribution in [0, 0.1) is 0 Å². The van der Waals surface area contributed by atoms with Gasteiger partial charge in [0.05, 0.1) is 25.4 Å². The highest BCUT2D eigenvalue weighted by molar-refractivity contribution is 7.89. The van der Waals surface area contributed by atoms with E-state index in [1.807, 2.05) is 25.1 Å². The predicted molar refractivity (Wildman–Crippen MR) is 113 cm³/mol. The van der Waals surface area contributed by atoms with Gasteiger partial charge in [-0.3, -0.25) is 0 Å². The topological polar surface area (TPSA) is 87.7 Å². The molecule has 1 unspecified atom stereocenters. The minimum Gasteiger partial charge on any atom is -0.495 e. The minimum atomic E-state index is -3.73. The number of ether oxygens (including phenoxy) is 1. The normalized spacial score (nSPS) is 17.3. The summed E-state index contributed by atoms with van der Waals surface area (Å²) < 4.78 is 32.7. The van der Waals surface area contributed by atoms with Crippen LogP contribution in [0.4, 0.5) is 5.82 Å². The molecular formula is C20H29N5O3S. The number of hydrogen-bond donors (Lipinski definition) is 1. The Morgan fingerprint density at radius 3 is 2.59 bits per heavy atom. The molecule has 0 saturated carbocycles. The van der Waals surface area contributed by atoms with Crippen molar-refractivity contribution in [2.24, 2.45) is 0 Å². The number of nitrogens with one attached hydrogen (secondary N) is 1. The number of sulfonamides is 1. The number of hydrogen-bond acceptors (Lipinski definition) is 7. The van der Waals surface area contributed by atoms with Crippen LogP contribution in [0.1, 0.15) is 36.8 Å². The lowest BCUT2D eigenvalue weighted by molar-refractivity contribution is 0.392. The summed E-state index contributed by atoms with van der Waals surface area (Å²) in [6.07, 6.45) is 3.26. The van der Waals surface area contributed by atoms with Gasteiger partial charge in [0.15, 0.2) is 0 Å². The molecule has 1 aromatic heterocycles. The van der Waals surface area contributed by atoms with E-state index < -0.39 is 10.0 Å². The van der Waals surface area contributed by atoms with Gasteiger partial charge in [0.2, 0.25) is 10.0 Å². The molecule has 29 heavy (non-hydrogen) atoms. The van der Waals surface area contributed by atoms with Gasteiger partial charge in [-0.2, -0.15) is 4.31 Å². The smallest absolute Gasteiger partial charge is 0.246 e. The quantitative estimate of drug-likeness (QED) is 0.736. The fourth-order valence-corrected chi connectivity index (χ4v) is 4.65. The Morgan fingerprint density at radius 1 is 1.17 bits per heavy atom. The van der Waals surface area contributed by atoms with Crippen molar-refractivity contribution < 1.29 is 13.2 Å². The molecule has 0 amide bonds. The fourth-order valence-electron chi connectivity index (χ4n) is 3.35. The molecule has 9 heteroatoms. The first-order chi connectivity index (χ1) is 13.8. The summed E-state index contributed by atoms with van der Waals surface area (Å²) in [6.45, 7) is 1.08. The zero-order valence-electron chi connectivity index (χ0n) is 17.4. The monoisotopic (exact) mass is 419 g/mol. The Kier molecular flexibility index (Phi) is 6.71. The minimum absolute atomic E-state index is 0.0959. The highest BCUT2D eigenvalue weighted by atomic mass is 32.2. The van der Waals surface area contributed by atoms with E-state index in [-0.39, 0.29) is 17.5 Å². The summed E-state index contributed by atoms with van der Waals surface area (Å²) in [4.78, 5) is 11.4. The first kappa shape index (κ1) is 21.5. The van der Waals surface area contributed by atoms with Crippen molar-refractivity contribution >= 4 is 15.8 Å². The number of para-hydroxylation sites is 1. The van der Waals surface area contributed by atoms with Crippen LogP contribution in [0.2, 0.25) is 0 Å². The van der Waals surface area contributed by atoms with Crippen molar-refractivity contribution in [3.05, 3.63) is 41.9 Å². The van der Waals surface area contributed by atoms with Crippen molar-refractivity contribution in [2.45, 2.75) is 36.7 Å². The number of methoxy groups -OCH3 is 1. The summed E-state index contributed by atoms with van der Waals surface area (Å²) in [5.74, 6) is 1.80. The molecule has 1 aliphatic rings. The summed E-state index contributed by atoms with van der Waals surface area (Å²) in [6, 6.07) is 8.55. The molecule has 0 radical (unpaired) electrons. The SMILES string of the molecule is COc1ccccc1S(=O)(=O)N(C)Cc1cc(N(C)C)nc(C2CCCCN2)n1. The van der Waals surface area contributed by atoms with Crippen molar-refractivity contribution in [2.75, 3.05) is 39.7 Å². The van der Waals surface area contributed by atoms with E-state index >= 15 is 0 Å². The van der Waals surface area contributed by atoms with Crippen LogP contribution in [-0.4, -0.2) is 57.5 Å². The summed E-state index contributed by atoms with van der Waals surface area (Å²) >= 11 is 0. The van der Waals surface area contributed by atoms with Gasteiger partial charge < -0.3 is 15.0 Å². The highest BCUT2D eigenvalue weighted by Gasteiger charge is 2.26. The van der Waals surface area contributed by atoms with E-state index in [2.05, 4.69) is 10.3 Å². The number of piperidine rings is 1. The molecule has 2 heterocycles. The number of anilines is 1. The third-order valence-corrected chi connectivity index (χ3v) is 6.85. The van der Waals surface area contributed by atoms with E-state index in [0.717, 1.165) is 31.6 Å². The Bertz CT molecular complexity index is 943. The van der Waals surface area contributed by atoms with Crippen LogP contribution in [-0.2, 0) is 16.6 Å². The highest BCUT2D eigenvalue weighted by Crippen LogP contribution is 2.27. The zero-order valence-corrected chi connectivity index (χ0v) is 18.2. The standard InChI is InChI=1S/C20H29N5O3S/c1-24(2)19-13-15(22-20(23-19)16-9-7-8-12-21-16)14-25(3)29(26,27)18-11-6-5-10-17(18)28-4/h5-6,10-11,13,16,21H,7-9,12,14H2,1-4H3. The van der Waals surface area contributed by atoms with Gasteiger partial charge in [-0.05, 0) is 31.5 Å². The van der Waals surface area contributed by atoms with Gasteiger partial charge in [0.25, 0.3) is 0 Å². The van der Waals surface area contributed by atoms with Gasteiger partial charge in [0.1, 0.15) is 22.3 Å². The van der Waals surface area contributed by atoms with E-state index in [0.29, 0.717) is 17.3 Å². The average Bonchev–Trinajstić information content (AvgIpc) is 2.74. The van der Waals surface area contributed by atoms with Crippen LogP contribution in [0.25, 0.3) is 0 Å². The molecule has 158 valence electrons. The second-order valence-corrected chi connectivity index (χ2v) is 9.40. The maximum atomic E-state index is 13.1. The van der Waals surface area contributed by atoms with Gasteiger partial charge in [-0.15, -0.1) is 0 Å². The Morgan fingerprint density at radius 2 is 1.93 bits per heavy atom. The third-order valence-electron chi connectivity index (χ3n) is 5.01. The molecule has 1 saturated heterocycles. The van der Waals surface area contributed by atoms with Gasteiger partial charge in [-0.1, -0.05) is 18.6 Å². The lowest BCUT2D eigenvalue weighted by Gasteiger charge is -2.25. The predicted octanol–water partition coefficient (Wildman–Crippen LogP) is 2.19. The molecular weight excluding hydrogens is 390 g/mol.